The topological polar surface area (TPSA) is 37.6 Å². The molecule has 122 valence electrons. The quantitative estimate of drug-likeness (QED) is 0.683. The summed E-state index contributed by atoms with van der Waals surface area (Å²) in [4.78, 5) is 20.4. The lowest BCUT2D eigenvalue weighted by molar-refractivity contribution is 0.0783. The number of hydrogen-bond acceptors (Lipinski definition) is 3. The number of carbonyl (C=O) groups excluding carboxylic acids is 1. The summed E-state index contributed by atoms with van der Waals surface area (Å²) in [7, 11) is 0. The van der Waals surface area contributed by atoms with Crippen molar-refractivity contribution >= 4 is 23.3 Å². The number of imidazole rings is 1. The van der Waals surface area contributed by atoms with Crippen molar-refractivity contribution in [1.29, 1.82) is 0 Å². The molecule has 0 saturated carbocycles. The van der Waals surface area contributed by atoms with E-state index in [1.165, 1.54) is 4.90 Å². The summed E-state index contributed by atoms with van der Waals surface area (Å²) in [5.74, 6) is 1.65. The lowest BCUT2D eigenvalue weighted by Gasteiger charge is -2.15. The maximum absolute atomic E-state index is 12.7. The second kappa shape index (κ2) is 6.69. The molecule has 0 aliphatic carbocycles. The predicted molar refractivity (Wildman–Crippen MR) is 96.4 cm³/mol. The Labute approximate surface area is 145 Å². The van der Waals surface area contributed by atoms with Gasteiger partial charge in [0.15, 0.2) is 0 Å². The van der Waals surface area contributed by atoms with Crippen LogP contribution < -0.4 is 0 Å². The number of hydrogen-bond donors (Lipinski definition) is 0. The van der Waals surface area contributed by atoms with Gasteiger partial charge >= 0.3 is 0 Å². The van der Waals surface area contributed by atoms with E-state index >= 15 is 0 Å². The van der Waals surface area contributed by atoms with Gasteiger partial charge in [0.25, 0.3) is 5.91 Å². The Morgan fingerprint density at radius 1 is 1.17 bits per heavy atom. The first-order valence-corrected chi connectivity index (χ1v) is 9.19. The number of pyridine rings is 1. The smallest absolute Gasteiger partial charge is 0.274 e. The normalized spacial score (nSPS) is 17.5. The lowest BCUT2D eigenvalue weighted by Crippen LogP contribution is -2.29. The average molecular weight is 337 g/mol. The summed E-state index contributed by atoms with van der Waals surface area (Å²) < 4.78 is 1.89. The molecule has 4 nitrogen and oxygen atoms in total. The number of benzene rings is 1. The largest absolute Gasteiger partial charge is 0.337 e. The molecule has 1 amide bonds. The Balaban J connectivity index is 1.38. The van der Waals surface area contributed by atoms with Crippen molar-refractivity contribution in [2.24, 2.45) is 5.92 Å². The van der Waals surface area contributed by atoms with E-state index in [1.807, 2.05) is 57.7 Å². The van der Waals surface area contributed by atoms with Crippen LogP contribution in [0, 0.1) is 5.92 Å². The van der Waals surface area contributed by atoms with Crippen LogP contribution in [0.25, 0.3) is 5.65 Å². The van der Waals surface area contributed by atoms with E-state index in [9.17, 15) is 4.79 Å². The Hall–Kier alpha value is -2.27. The minimum atomic E-state index is 0.0471. The number of carbonyl (C=O) groups is 1. The third-order valence-corrected chi connectivity index (χ3v) is 5.63. The molecular weight excluding hydrogens is 318 g/mol. The molecule has 2 aromatic heterocycles. The summed E-state index contributed by atoms with van der Waals surface area (Å²) >= 11 is 1.87. The number of rotatable bonds is 4. The van der Waals surface area contributed by atoms with Gasteiger partial charge in [0.2, 0.25) is 0 Å². The van der Waals surface area contributed by atoms with Crippen molar-refractivity contribution in [2.75, 3.05) is 18.8 Å². The summed E-state index contributed by atoms with van der Waals surface area (Å²) in [5, 5.41) is 0. The average Bonchev–Trinajstić information content (AvgIpc) is 3.27. The van der Waals surface area contributed by atoms with Gasteiger partial charge < -0.3 is 9.30 Å². The van der Waals surface area contributed by atoms with Gasteiger partial charge in [-0.3, -0.25) is 4.79 Å². The molecule has 1 aliphatic heterocycles. The summed E-state index contributed by atoms with van der Waals surface area (Å²) in [6, 6.07) is 16.2. The number of likely N-dealkylation sites (tertiary alicyclic amines) is 1. The zero-order valence-corrected chi connectivity index (χ0v) is 14.2. The fourth-order valence-electron chi connectivity index (χ4n) is 3.08. The van der Waals surface area contributed by atoms with E-state index in [0.29, 0.717) is 11.6 Å². The van der Waals surface area contributed by atoms with Crippen LogP contribution in [0.2, 0.25) is 0 Å². The monoisotopic (exact) mass is 337 g/mol. The molecule has 3 aromatic rings. The molecule has 0 N–H and O–H groups in total. The van der Waals surface area contributed by atoms with E-state index in [1.54, 1.807) is 0 Å². The molecule has 1 fully saturated rings. The summed E-state index contributed by atoms with van der Waals surface area (Å²) in [6.45, 7) is 1.65. The minimum absolute atomic E-state index is 0.0471. The number of fused-ring (bicyclic) bond motifs is 1. The van der Waals surface area contributed by atoms with Crippen LogP contribution in [0.1, 0.15) is 16.9 Å². The van der Waals surface area contributed by atoms with Gasteiger partial charge in [0.05, 0.1) is 0 Å². The predicted octanol–water partition coefficient (Wildman–Crippen LogP) is 3.59. The van der Waals surface area contributed by atoms with E-state index in [2.05, 4.69) is 29.2 Å². The van der Waals surface area contributed by atoms with Crippen molar-refractivity contribution in [3.63, 3.8) is 0 Å². The van der Waals surface area contributed by atoms with Gasteiger partial charge in [-0.2, -0.15) is 0 Å². The molecule has 4 rings (SSSR count). The van der Waals surface area contributed by atoms with Crippen LogP contribution in [0.4, 0.5) is 0 Å². The fourth-order valence-corrected chi connectivity index (χ4v) is 4.13. The third kappa shape index (κ3) is 3.17. The van der Waals surface area contributed by atoms with Crippen LogP contribution >= 0.6 is 11.8 Å². The number of aromatic nitrogens is 2. The lowest BCUT2D eigenvalue weighted by atomic mass is 10.2. The van der Waals surface area contributed by atoms with Crippen LogP contribution in [0.3, 0.4) is 0 Å². The highest BCUT2D eigenvalue weighted by atomic mass is 32.2. The van der Waals surface area contributed by atoms with E-state index in [4.69, 9.17) is 0 Å². The first-order valence-electron chi connectivity index (χ1n) is 8.20. The summed E-state index contributed by atoms with van der Waals surface area (Å²) in [6.07, 6.45) is 4.81. The molecule has 0 radical (unpaired) electrons. The minimum Gasteiger partial charge on any atom is -0.337 e. The molecule has 0 spiro atoms. The molecule has 24 heavy (non-hydrogen) atoms. The number of nitrogens with zero attached hydrogens (tertiary/aromatic N) is 3. The first-order chi connectivity index (χ1) is 11.8. The highest BCUT2D eigenvalue weighted by molar-refractivity contribution is 7.99. The fraction of sp³-hybridized carbons (Fsp3) is 0.263. The van der Waals surface area contributed by atoms with E-state index in [-0.39, 0.29) is 5.91 Å². The van der Waals surface area contributed by atoms with Crippen LogP contribution in [0.15, 0.2) is 65.8 Å². The SMILES string of the molecule is O=C(c1cn2ccccc2n1)N1CCC(CSc2ccccc2)C1. The van der Waals surface area contributed by atoms with Crippen molar-refractivity contribution in [2.45, 2.75) is 11.3 Å². The standard InChI is InChI=1S/C19H19N3OS/c23-19(17-13-21-10-5-4-8-18(21)20-17)22-11-9-15(12-22)14-24-16-6-2-1-3-7-16/h1-8,10,13,15H,9,11-12,14H2. The van der Waals surface area contributed by atoms with Crippen molar-refractivity contribution in [1.82, 2.24) is 14.3 Å². The molecule has 1 atom stereocenters. The van der Waals surface area contributed by atoms with Crippen molar-refractivity contribution in [3.8, 4) is 0 Å². The molecule has 1 saturated heterocycles. The Bertz CT molecular complexity index is 813. The zero-order chi connectivity index (χ0) is 16.4. The molecule has 1 aromatic carbocycles. The van der Waals surface area contributed by atoms with Crippen molar-refractivity contribution < 1.29 is 4.79 Å². The zero-order valence-electron chi connectivity index (χ0n) is 13.3. The van der Waals surface area contributed by atoms with Gasteiger partial charge in [-0.25, -0.2) is 4.98 Å². The molecule has 0 bridgehead atoms. The molecule has 1 aliphatic rings. The Morgan fingerprint density at radius 2 is 2.00 bits per heavy atom. The first kappa shape index (κ1) is 15.3. The van der Waals surface area contributed by atoms with Gasteiger partial charge in [-0.15, -0.1) is 11.8 Å². The Morgan fingerprint density at radius 3 is 2.83 bits per heavy atom. The highest BCUT2D eigenvalue weighted by Gasteiger charge is 2.28. The number of amides is 1. The maximum atomic E-state index is 12.7. The van der Waals surface area contributed by atoms with Gasteiger partial charge in [0, 0.05) is 36.1 Å². The van der Waals surface area contributed by atoms with Crippen LogP contribution in [0.5, 0.6) is 0 Å². The number of thioether (sulfide) groups is 1. The molecule has 5 heteroatoms. The van der Waals surface area contributed by atoms with E-state index < -0.39 is 0 Å². The van der Waals surface area contributed by atoms with Crippen molar-refractivity contribution in [3.05, 3.63) is 66.6 Å². The van der Waals surface area contributed by atoms with Crippen LogP contribution in [-0.4, -0.2) is 39.0 Å². The van der Waals surface area contributed by atoms with Gasteiger partial charge in [-0.1, -0.05) is 24.3 Å². The third-order valence-electron chi connectivity index (χ3n) is 4.39. The second-order valence-electron chi connectivity index (χ2n) is 6.12. The maximum Gasteiger partial charge on any atom is 0.274 e. The molecule has 3 heterocycles. The second-order valence-corrected chi connectivity index (χ2v) is 7.22. The molecular formula is C19H19N3OS. The Kier molecular flexibility index (Phi) is 4.26. The van der Waals surface area contributed by atoms with Gasteiger partial charge in [0.1, 0.15) is 11.3 Å². The summed E-state index contributed by atoms with van der Waals surface area (Å²) in [5.41, 5.74) is 1.36. The van der Waals surface area contributed by atoms with Crippen LogP contribution in [-0.2, 0) is 0 Å². The highest BCUT2D eigenvalue weighted by Crippen LogP contribution is 2.26. The van der Waals surface area contributed by atoms with Gasteiger partial charge in [-0.05, 0) is 36.6 Å². The molecule has 1 unspecified atom stereocenters. The van der Waals surface area contributed by atoms with E-state index in [0.717, 1.165) is 30.9 Å².